The van der Waals surface area contributed by atoms with Crippen LogP contribution < -0.4 is 11.1 Å². The summed E-state index contributed by atoms with van der Waals surface area (Å²) >= 11 is 0. The summed E-state index contributed by atoms with van der Waals surface area (Å²) in [5, 5.41) is 11.1. The smallest absolute Gasteiger partial charge is 0.227 e. The number of carbonyl (C=O) groups excluding carboxylic acids is 1. The molecular formula is C14H21N5O. The summed E-state index contributed by atoms with van der Waals surface area (Å²) in [5.41, 5.74) is 6.06. The highest BCUT2D eigenvalue weighted by Crippen LogP contribution is 2.25. The van der Waals surface area contributed by atoms with Crippen molar-refractivity contribution in [3.8, 4) is 0 Å². The van der Waals surface area contributed by atoms with Gasteiger partial charge in [0.15, 0.2) is 11.5 Å². The minimum absolute atomic E-state index is 0.0160. The van der Waals surface area contributed by atoms with Crippen molar-refractivity contribution in [2.45, 2.75) is 33.2 Å². The Labute approximate surface area is 118 Å². The quantitative estimate of drug-likeness (QED) is 0.827. The molecule has 0 saturated heterocycles. The van der Waals surface area contributed by atoms with Gasteiger partial charge in [-0.3, -0.25) is 9.20 Å². The highest BCUT2D eigenvalue weighted by atomic mass is 16.2. The fraction of sp³-hybridized carbons (Fsp3) is 0.500. The third-order valence-electron chi connectivity index (χ3n) is 4.02. The van der Waals surface area contributed by atoms with Crippen LogP contribution in [0.4, 0.5) is 0 Å². The van der Waals surface area contributed by atoms with Crippen LogP contribution in [0.2, 0.25) is 0 Å². The van der Waals surface area contributed by atoms with Crippen LogP contribution in [-0.4, -0.2) is 27.0 Å². The van der Waals surface area contributed by atoms with Crippen LogP contribution in [0.5, 0.6) is 0 Å². The second kappa shape index (κ2) is 6.00. The van der Waals surface area contributed by atoms with E-state index in [4.69, 9.17) is 5.73 Å². The Morgan fingerprint density at radius 3 is 2.75 bits per heavy atom. The molecule has 20 heavy (non-hydrogen) atoms. The largest absolute Gasteiger partial charge is 0.348 e. The average molecular weight is 275 g/mol. The predicted molar refractivity (Wildman–Crippen MR) is 76.9 cm³/mol. The number of carbonyl (C=O) groups is 1. The number of hydrogen-bond acceptors (Lipinski definition) is 4. The molecule has 0 aliphatic rings. The van der Waals surface area contributed by atoms with Gasteiger partial charge >= 0.3 is 0 Å². The van der Waals surface area contributed by atoms with Crippen molar-refractivity contribution in [3.63, 3.8) is 0 Å². The fourth-order valence-electron chi connectivity index (χ4n) is 2.31. The van der Waals surface area contributed by atoms with Gasteiger partial charge in [0, 0.05) is 12.7 Å². The molecule has 0 atom stereocenters. The Hall–Kier alpha value is -1.95. The molecule has 0 aliphatic heterocycles. The maximum Gasteiger partial charge on any atom is 0.227 e. The van der Waals surface area contributed by atoms with Crippen molar-refractivity contribution in [2.75, 3.05) is 6.54 Å². The lowest BCUT2D eigenvalue weighted by atomic mass is 9.81. The number of pyridine rings is 1. The zero-order valence-electron chi connectivity index (χ0n) is 12.0. The van der Waals surface area contributed by atoms with Gasteiger partial charge in [0.25, 0.3) is 0 Å². The number of aromatic nitrogens is 3. The van der Waals surface area contributed by atoms with Gasteiger partial charge in [-0.05, 0) is 25.0 Å². The standard InChI is InChI=1S/C14H21N5O/c1-3-14(4-2,10-15)13(20)16-9-12-18-17-11-7-5-6-8-19(11)12/h5-8H,3-4,9-10,15H2,1-2H3,(H,16,20). The number of rotatable bonds is 6. The lowest BCUT2D eigenvalue weighted by Crippen LogP contribution is -2.45. The third-order valence-corrected chi connectivity index (χ3v) is 4.02. The Morgan fingerprint density at radius 2 is 2.10 bits per heavy atom. The van der Waals surface area contributed by atoms with E-state index in [1.807, 2.05) is 42.6 Å². The molecule has 2 rings (SSSR count). The summed E-state index contributed by atoms with van der Waals surface area (Å²) in [6.07, 6.45) is 3.34. The molecule has 0 aliphatic carbocycles. The average Bonchev–Trinajstić information content (AvgIpc) is 2.91. The Morgan fingerprint density at radius 1 is 1.35 bits per heavy atom. The molecule has 2 heterocycles. The van der Waals surface area contributed by atoms with Gasteiger partial charge in [-0.2, -0.15) is 0 Å². The van der Waals surface area contributed by atoms with Crippen molar-refractivity contribution >= 4 is 11.6 Å². The topological polar surface area (TPSA) is 85.3 Å². The van der Waals surface area contributed by atoms with E-state index in [9.17, 15) is 4.79 Å². The molecule has 0 radical (unpaired) electrons. The van der Waals surface area contributed by atoms with Crippen LogP contribution in [-0.2, 0) is 11.3 Å². The molecule has 0 spiro atoms. The minimum atomic E-state index is -0.486. The zero-order chi connectivity index (χ0) is 14.6. The van der Waals surface area contributed by atoms with E-state index in [1.54, 1.807) is 0 Å². The zero-order valence-corrected chi connectivity index (χ0v) is 12.0. The Bertz CT molecular complexity index is 580. The van der Waals surface area contributed by atoms with Crippen molar-refractivity contribution in [2.24, 2.45) is 11.1 Å². The Balaban J connectivity index is 2.10. The summed E-state index contributed by atoms with van der Waals surface area (Å²) in [5.74, 6) is 0.699. The summed E-state index contributed by atoms with van der Waals surface area (Å²) < 4.78 is 1.86. The van der Waals surface area contributed by atoms with E-state index in [0.717, 1.165) is 18.5 Å². The molecule has 0 aromatic carbocycles. The van der Waals surface area contributed by atoms with Crippen LogP contribution in [0.1, 0.15) is 32.5 Å². The SMILES string of the molecule is CCC(CC)(CN)C(=O)NCc1nnc2ccccn12. The molecule has 2 aromatic heterocycles. The van der Waals surface area contributed by atoms with E-state index in [0.29, 0.717) is 18.9 Å². The van der Waals surface area contributed by atoms with Crippen molar-refractivity contribution in [1.82, 2.24) is 19.9 Å². The molecule has 108 valence electrons. The van der Waals surface area contributed by atoms with Gasteiger partial charge < -0.3 is 11.1 Å². The first-order chi connectivity index (χ1) is 9.66. The highest BCUT2D eigenvalue weighted by molar-refractivity contribution is 5.82. The maximum atomic E-state index is 12.3. The van der Waals surface area contributed by atoms with Crippen LogP contribution in [0.25, 0.3) is 5.65 Å². The van der Waals surface area contributed by atoms with Gasteiger partial charge in [-0.25, -0.2) is 0 Å². The van der Waals surface area contributed by atoms with Crippen LogP contribution in [0.3, 0.4) is 0 Å². The molecular weight excluding hydrogens is 254 g/mol. The van der Waals surface area contributed by atoms with Crippen LogP contribution in [0, 0.1) is 5.41 Å². The first kappa shape index (κ1) is 14.5. The van der Waals surface area contributed by atoms with E-state index >= 15 is 0 Å². The number of hydrogen-bond donors (Lipinski definition) is 2. The second-order valence-corrected chi connectivity index (χ2v) is 4.92. The van der Waals surface area contributed by atoms with Crippen molar-refractivity contribution in [1.29, 1.82) is 0 Å². The summed E-state index contributed by atoms with van der Waals surface area (Å²) in [6.45, 7) is 4.68. The maximum absolute atomic E-state index is 12.3. The lowest BCUT2D eigenvalue weighted by Gasteiger charge is -2.28. The first-order valence-electron chi connectivity index (χ1n) is 6.94. The molecule has 3 N–H and O–H groups in total. The monoisotopic (exact) mass is 275 g/mol. The first-order valence-corrected chi connectivity index (χ1v) is 6.94. The Kier molecular flexibility index (Phi) is 4.34. The number of nitrogens with two attached hydrogens (primary N) is 1. The number of nitrogens with zero attached hydrogens (tertiary/aromatic N) is 3. The van der Waals surface area contributed by atoms with Crippen LogP contribution in [0.15, 0.2) is 24.4 Å². The molecule has 6 nitrogen and oxygen atoms in total. The van der Waals surface area contributed by atoms with Gasteiger partial charge in [0.05, 0.1) is 12.0 Å². The van der Waals surface area contributed by atoms with Crippen molar-refractivity contribution in [3.05, 3.63) is 30.2 Å². The molecule has 0 saturated carbocycles. The molecule has 1 amide bonds. The molecule has 0 unspecified atom stereocenters. The minimum Gasteiger partial charge on any atom is -0.348 e. The fourth-order valence-corrected chi connectivity index (χ4v) is 2.31. The number of nitrogens with one attached hydrogen (secondary N) is 1. The third kappa shape index (κ3) is 2.51. The van der Waals surface area contributed by atoms with Gasteiger partial charge in [0.2, 0.25) is 5.91 Å². The lowest BCUT2D eigenvalue weighted by molar-refractivity contribution is -0.131. The highest BCUT2D eigenvalue weighted by Gasteiger charge is 2.33. The number of amides is 1. The van der Waals surface area contributed by atoms with Gasteiger partial charge in [0.1, 0.15) is 0 Å². The second-order valence-electron chi connectivity index (χ2n) is 4.92. The summed E-state index contributed by atoms with van der Waals surface area (Å²) in [6, 6.07) is 5.69. The van der Waals surface area contributed by atoms with Crippen molar-refractivity contribution < 1.29 is 4.79 Å². The summed E-state index contributed by atoms with van der Waals surface area (Å²) in [7, 11) is 0. The molecule has 6 heteroatoms. The van der Waals surface area contributed by atoms with Gasteiger partial charge in [-0.15, -0.1) is 10.2 Å². The molecule has 0 bridgehead atoms. The number of fused-ring (bicyclic) bond motifs is 1. The summed E-state index contributed by atoms with van der Waals surface area (Å²) in [4.78, 5) is 12.3. The molecule has 0 fully saturated rings. The van der Waals surface area contributed by atoms with E-state index in [-0.39, 0.29) is 5.91 Å². The van der Waals surface area contributed by atoms with E-state index in [1.165, 1.54) is 0 Å². The normalized spacial score (nSPS) is 11.8. The van der Waals surface area contributed by atoms with Gasteiger partial charge in [-0.1, -0.05) is 19.9 Å². The predicted octanol–water partition coefficient (Wildman–Crippen LogP) is 1.11. The van der Waals surface area contributed by atoms with Crippen LogP contribution >= 0.6 is 0 Å². The van der Waals surface area contributed by atoms with E-state index in [2.05, 4.69) is 15.5 Å². The molecule has 2 aromatic rings. The van der Waals surface area contributed by atoms with E-state index < -0.39 is 5.41 Å².